The van der Waals surface area contributed by atoms with E-state index < -0.39 is 17.4 Å². The molecule has 0 saturated heterocycles. The van der Waals surface area contributed by atoms with E-state index >= 15 is 0 Å². The van der Waals surface area contributed by atoms with E-state index in [4.69, 9.17) is 19.9 Å². The summed E-state index contributed by atoms with van der Waals surface area (Å²) in [6.45, 7) is 6.50. The number of anilines is 1. The number of hydrogen-bond acceptors (Lipinski definition) is 7. The largest absolute Gasteiger partial charge is 0.489 e. The molecule has 0 bridgehead atoms. The highest BCUT2D eigenvalue weighted by molar-refractivity contribution is 6.10. The van der Waals surface area contributed by atoms with Crippen molar-refractivity contribution in [2.24, 2.45) is 11.1 Å². The van der Waals surface area contributed by atoms with Crippen LogP contribution in [-0.2, 0) is 20.9 Å². The van der Waals surface area contributed by atoms with E-state index in [1.807, 2.05) is 72.8 Å². The molecule has 284 valence electrons. The summed E-state index contributed by atoms with van der Waals surface area (Å²) < 4.78 is 18.1. The molecular weight excluding hydrogens is 703 g/mol. The van der Waals surface area contributed by atoms with Gasteiger partial charge < -0.3 is 30.6 Å². The number of amides is 2. The first-order valence-corrected chi connectivity index (χ1v) is 18.8. The van der Waals surface area contributed by atoms with E-state index in [1.165, 1.54) is 0 Å². The summed E-state index contributed by atoms with van der Waals surface area (Å²) in [7, 11) is 0. The Kier molecular flexibility index (Phi) is 11.4. The van der Waals surface area contributed by atoms with Gasteiger partial charge >= 0.3 is 5.97 Å². The van der Waals surface area contributed by atoms with Gasteiger partial charge in [-0.15, -0.1) is 0 Å². The second-order valence-corrected chi connectivity index (χ2v) is 14.1. The molecule has 2 amide bonds. The molecule has 1 aliphatic carbocycles. The lowest BCUT2D eigenvalue weighted by Gasteiger charge is -2.20. The van der Waals surface area contributed by atoms with Crippen LogP contribution < -0.4 is 25.8 Å². The zero-order valence-electron chi connectivity index (χ0n) is 31.4. The minimum absolute atomic E-state index is 0.139. The van der Waals surface area contributed by atoms with Crippen LogP contribution in [0.1, 0.15) is 40.7 Å². The molecule has 7 rings (SSSR count). The number of ether oxygens (including phenoxy) is 3. The number of carbonyl (C=O) groups excluding carboxylic acids is 3. The second kappa shape index (κ2) is 16.9. The zero-order valence-corrected chi connectivity index (χ0v) is 31.4. The summed E-state index contributed by atoms with van der Waals surface area (Å²) in [5, 5.41) is 10.1. The van der Waals surface area contributed by atoms with Gasteiger partial charge in [-0.1, -0.05) is 104 Å². The zero-order chi connectivity index (χ0) is 39.1. The van der Waals surface area contributed by atoms with Crippen LogP contribution in [0.5, 0.6) is 11.5 Å². The summed E-state index contributed by atoms with van der Waals surface area (Å²) in [6, 6.07) is 37.8. The number of fused-ring (bicyclic) bond motifs is 2. The Balaban J connectivity index is 1.08. The molecule has 0 radical (unpaired) electrons. The number of aryl methyl sites for hydroxylation is 1. The maximum absolute atomic E-state index is 13.9. The lowest BCUT2D eigenvalue weighted by molar-refractivity contribution is -0.124. The Morgan fingerprint density at radius 2 is 1.55 bits per heavy atom. The molecule has 0 aromatic heterocycles. The standard InChI is InChI=1S/C47H45N3O6/c1-3-26-54-39-22-20-33-15-7-8-18-37(33)43(39)44-38-19-9-12-31(2)36(38)21-23-40(44)55-30-42(51)50-41-28-47(41,24-11-25-48)46(53)49-35-17-10-16-34(27-35)45(52)56-29-32-13-5-4-6-14-32/h3-10,12-23,27,41H,1,11,24-26,28-30,48H2,2H3,(H,49,53)(H,50,51)/t41?,47-/m0/s1. The number of rotatable bonds is 16. The summed E-state index contributed by atoms with van der Waals surface area (Å²) in [6.07, 6.45) is 3.25. The fourth-order valence-electron chi connectivity index (χ4n) is 7.37. The molecule has 56 heavy (non-hydrogen) atoms. The highest BCUT2D eigenvalue weighted by atomic mass is 16.5. The van der Waals surface area contributed by atoms with Gasteiger partial charge in [0.1, 0.15) is 24.7 Å². The van der Waals surface area contributed by atoms with Crippen LogP contribution in [0, 0.1) is 12.3 Å². The van der Waals surface area contributed by atoms with Gasteiger partial charge in [-0.2, -0.15) is 0 Å². The smallest absolute Gasteiger partial charge is 0.338 e. The Morgan fingerprint density at radius 1 is 0.821 bits per heavy atom. The minimum Gasteiger partial charge on any atom is -0.489 e. The molecule has 0 aliphatic heterocycles. The highest BCUT2D eigenvalue weighted by Gasteiger charge is 2.60. The van der Waals surface area contributed by atoms with Gasteiger partial charge in [-0.05, 0) is 95.7 Å². The minimum atomic E-state index is -0.856. The molecule has 9 nitrogen and oxygen atoms in total. The Bertz CT molecular complexity index is 2410. The maximum atomic E-state index is 13.9. The molecule has 0 heterocycles. The van der Waals surface area contributed by atoms with E-state index in [1.54, 1.807) is 30.3 Å². The summed E-state index contributed by atoms with van der Waals surface area (Å²) in [5.41, 5.74) is 9.47. The van der Waals surface area contributed by atoms with Crippen molar-refractivity contribution in [3.8, 4) is 22.6 Å². The van der Waals surface area contributed by atoms with Crippen molar-refractivity contribution in [2.45, 2.75) is 38.8 Å². The summed E-state index contributed by atoms with van der Waals surface area (Å²) in [4.78, 5) is 40.3. The molecule has 1 unspecified atom stereocenters. The molecule has 6 aromatic rings. The maximum Gasteiger partial charge on any atom is 0.338 e. The average molecular weight is 748 g/mol. The second-order valence-electron chi connectivity index (χ2n) is 14.1. The Hall–Kier alpha value is -6.45. The monoisotopic (exact) mass is 747 g/mol. The van der Waals surface area contributed by atoms with Crippen LogP contribution in [0.3, 0.4) is 0 Å². The van der Waals surface area contributed by atoms with Crippen molar-refractivity contribution in [1.29, 1.82) is 0 Å². The lowest BCUT2D eigenvalue weighted by Crippen LogP contribution is -2.38. The normalized spacial score (nSPS) is 15.9. The molecule has 6 aromatic carbocycles. The highest BCUT2D eigenvalue weighted by Crippen LogP contribution is 2.51. The van der Waals surface area contributed by atoms with Crippen LogP contribution in [0.25, 0.3) is 32.7 Å². The predicted molar refractivity (Wildman–Crippen MR) is 221 cm³/mol. The fraction of sp³-hybridized carbons (Fsp3) is 0.213. The molecule has 1 aliphatic rings. The van der Waals surface area contributed by atoms with E-state index in [0.717, 1.165) is 43.8 Å². The third-order valence-electron chi connectivity index (χ3n) is 10.4. The molecule has 2 atom stereocenters. The van der Waals surface area contributed by atoms with Crippen LogP contribution in [-0.4, -0.2) is 43.6 Å². The Morgan fingerprint density at radius 3 is 2.38 bits per heavy atom. The average Bonchev–Trinajstić information content (AvgIpc) is 3.93. The van der Waals surface area contributed by atoms with Crippen LogP contribution in [0.4, 0.5) is 5.69 Å². The van der Waals surface area contributed by atoms with Gasteiger partial charge in [0.15, 0.2) is 6.61 Å². The molecule has 0 spiro atoms. The van der Waals surface area contributed by atoms with Crippen molar-refractivity contribution in [1.82, 2.24) is 5.32 Å². The van der Waals surface area contributed by atoms with Gasteiger partial charge in [-0.3, -0.25) is 9.59 Å². The van der Waals surface area contributed by atoms with Crippen LogP contribution in [0.2, 0.25) is 0 Å². The quantitative estimate of drug-likeness (QED) is 0.0669. The molecule has 4 N–H and O–H groups in total. The van der Waals surface area contributed by atoms with Gasteiger partial charge in [0, 0.05) is 22.9 Å². The number of nitrogens with two attached hydrogens (primary N) is 1. The topological polar surface area (TPSA) is 129 Å². The first-order valence-electron chi connectivity index (χ1n) is 18.8. The summed E-state index contributed by atoms with van der Waals surface area (Å²) in [5.74, 6) is 0.113. The first kappa shape index (κ1) is 37.8. The van der Waals surface area contributed by atoms with Gasteiger partial charge in [0.2, 0.25) is 5.91 Å². The molecule has 9 heteroatoms. The molecular formula is C47H45N3O6. The lowest BCUT2D eigenvalue weighted by atomic mass is 9.91. The predicted octanol–water partition coefficient (Wildman–Crippen LogP) is 8.52. The van der Waals surface area contributed by atoms with E-state index in [-0.39, 0.29) is 25.0 Å². The van der Waals surface area contributed by atoms with E-state index in [2.05, 4.69) is 48.4 Å². The van der Waals surface area contributed by atoms with E-state index in [0.29, 0.717) is 55.2 Å². The Labute approximate surface area is 326 Å². The van der Waals surface area contributed by atoms with Crippen molar-refractivity contribution >= 4 is 45.0 Å². The van der Waals surface area contributed by atoms with Gasteiger partial charge in [0.05, 0.1) is 11.0 Å². The van der Waals surface area contributed by atoms with Gasteiger partial charge in [0.25, 0.3) is 5.91 Å². The van der Waals surface area contributed by atoms with Crippen molar-refractivity contribution in [2.75, 3.05) is 25.1 Å². The van der Waals surface area contributed by atoms with Crippen molar-refractivity contribution < 1.29 is 28.6 Å². The van der Waals surface area contributed by atoms with Gasteiger partial charge in [-0.25, -0.2) is 4.79 Å². The number of esters is 1. The third kappa shape index (κ3) is 8.13. The third-order valence-corrected chi connectivity index (χ3v) is 10.4. The van der Waals surface area contributed by atoms with Crippen molar-refractivity contribution in [3.05, 3.63) is 151 Å². The first-order chi connectivity index (χ1) is 27.3. The number of carbonyl (C=O) groups is 3. The van der Waals surface area contributed by atoms with Crippen molar-refractivity contribution in [3.63, 3.8) is 0 Å². The van der Waals surface area contributed by atoms with Crippen LogP contribution >= 0.6 is 0 Å². The molecule has 1 fully saturated rings. The fourth-order valence-corrected chi connectivity index (χ4v) is 7.37. The number of benzene rings is 6. The summed E-state index contributed by atoms with van der Waals surface area (Å²) >= 11 is 0. The van der Waals surface area contributed by atoms with E-state index in [9.17, 15) is 14.4 Å². The number of hydrogen-bond donors (Lipinski definition) is 3. The van der Waals surface area contributed by atoms with Crippen LogP contribution in [0.15, 0.2) is 134 Å². The molecule has 1 saturated carbocycles. The number of nitrogens with one attached hydrogen (secondary N) is 2. The SMILES string of the molecule is C=CCOc1ccc2ccccc2c1-c1c(OCC(=O)NC2C[C@]2(CCCN)C(=O)Nc2cccc(C(=O)OCc3ccccc3)c2)ccc2c(C)cccc12.